The largest absolute Gasteiger partial charge is 0.372 e. The van der Waals surface area contributed by atoms with Crippen molar-refractivity contribution in [2.24, 2.45) is 0 Å². The third-order valence-corrected chi connectivity index (χ3v) is 5.32. The van der Waals surface area contributed by atoms with Crippen LogP contribution >= 0.6 is 34.5 Å². The van der Waals surface area contributed by atoms with E-state index in [0.717, 1.165) is 4.88 Å². The number of nitrogens with zero attached hydrogens (tertiary/aromatic N) is 1. The van der Waals surface area contributed by atoms with Crippen molar-refractivity contribution in [1.82, 2.24) is 9.71 Å². The smallest absolute Gasteiger partial charge is 0.242 e. The summed E-state index contributed by atoms with van der Waals surface area (Å²) < 4.78 is 27.3. The minimum atomic E-state index is -3.66. The van der Waals surface area contributed by atoms with Gasteiger partial charge in [0.15, 0.2) is 0 Å². The van der Waals surface area contributed by atoms with Gasteiger partial charge in [-0.25, -0.2) is 18.1 Å². The topological polar surface area (TPSA) is 71.1 Å². The van der Waals surface area contributed by atoms with Crippen LogP contribution in [0.1, 0.15) is 4.88 Å². The first-order valence-corrected chi connectivity index (χ1v) is 8.55. The average molecular weight is 352 g/mol. The van der Waals surface area contributed by atoms with Gasteiger partial charge in [-0.05, 0) is 18.2 Å². The van der Waals surface area contributed by atoms with Crippen LogP contribution in [0.15, 0.2) is 29.3 Å². The molecular weight excluding hydrogens is 341 g/mol. The fourth-order valence-electron chi connectivity index (χ4n) is 1.45. The molecule has 2 heterocycles. The second-order valence-electron chi connectivity index (χ2n) is 3.78. The average Bonchev–Trinajstić information content (AvgIpc) is 2.82. The molecule has 2 aromatic heterocycles. The van der Waals surface area contributed by atoms with Crippen molar-refractivity contribution in [3.05, 3.63) is 38.6 Å². The quantitative estimate of drug-likeness (QED) is 0.868. The lowest BCUT2D eigenvalue weighted by Gasteiger charge is -2.07. The zero-order valence-corrected chi connectivity index (χ0v) is 13.5. The lowest BCUT2D eigenvalue weighted by Crippen LogP contribution is -2.23. The maximum Gasteiger partial charge on any atom is 0.242 e. The van der Waals surface area contributed by atoms with Gasteiger partial charge in [0.1, 0.15) is 10.7 Å². The number of sulfonamides is 1. The standard InChI is InChI=1S/C11H11Cl2N3O2S2/c1-14-11-9(12)4-8(6-15-11)20(17,18)16-5-7-2-3-10(13)19-7/h2-4,6,16H,5H2,1H3,(H,14,15). The van der Waals surface area contributed by atoms with Crippen molar-refractivity contribution in [3.63, 3.8) is 0 Å². The van der Waals surface area contributed by atoms with E-state index in [-0.39, 0.29) is 16.5 Å². The Morgan fingerprint density at radius 1 is 1.35 bits per heavy atom. The predicted octanol–water partition coefficient (Wildman–Crippen LogP) is 2.97. The Hall–Kier alpha value is -0.860. The van der Waals surface area contributed by atoms with E-state index in [1.807, 2.05) is 0 Å². The predicted molar refractivity (Wildman–Crippen MR) is 82.1 cm³/mol. The number of rotatable bonds is 5. The number of aromatic nitrogens is 1. The maximum atomic E-state index is 12.1. The molecule has 0 unspecified atom stereocenters. The minimum absolute atomic E-state index is 0.0177. The lowest BCUT2D eigenvalue weighted by atomic mass is 10.4. The van der Waals surface area contributed by atoms with Gasteiger partial charge in [0, 0.05) is 24.7 Å². The molecule has 0 saturated carbocycles. The highest BCUT2D eigenvalue weighted by molar-refractivity contribution is 7.89. The van der Waals surface area contributed by atoms with Gasteiger partial charge < -0.3 is 5.32 Å². The molecule has 9 heteroatoms. The van der Waals surface area contributed by atoms with Crippen LogP contribution in [0.5, 0.6) is 0 Å². The van der Waals surface area contributed by atoms with E-state index in [9.17, 15) is 8.42 Å². The van der Waals surface area contributed by atoms with Crippen molar-refractivity contribution < 1.29 is 8.42 Å². The first kappa shape index (κ1) is 15.5. The van der Waals surface area contributed by atoms with E-state index >= 15 is 0 Å². The summed E-state index contributed by atoms with van der Waals surface area (Å²) in [6, 6.07) is 4.84. The van der Waals surface area contributed by atoms with Gasteiger partial charge in [-0.2, -0.15) is 0 Å². The van der Waals surface area contributed by atoms with Crippen LogP contribution in [-0.2, 0) is 16.6 Å². The summed E-state index contributed by atoms with van der Waals surface area (Å²) in [5.74, 6) is 0.427. The number of hydrogen-bond donors (Lipinski definition) is 2. The SMILES string of the molecule is CNc1ncc(S(=O)(=O)NCc2ccc(Cl)s2)cc1Cl. The number of pyridine rings is 1. The van der Waals surface area contributed by atoms with Gasteiger partial charge in [-0.3, -0.25) is 0 Å². The van der Waals surface area contributed by atoms with Crippen LogP contribution in [-0.4, -0.2) is 20.4 Å². The molecule has 0 saturated heterocycles. The zero-order chi connectivity index (χ0) is 14.8. The summed E-state index contributed by atoms with van der Waals surface area (Å²) >= 11 is 13.0. The van der Waals surface area contributed by atoms with Crippen LogP contribution in [0.25, 0.3) is 0 Å². The summed E-state index contributed by atoms with van der Waals surface area (Å²) in [6.45, 7) is 0.172. The van der Waals surface area contributed by atoms with E-state index in [1.54, 1.807) is 19.2 Å². The van der Waals surface area contributed by atoms with Crippen molar-refractivity contribution >= 4 is 50.4 Å². The first-order valence-electron chi connectivity index (χ1n) is 5.49. The van der Waals surface area contributed by atoms with Crippen LogP contribution in [0, 0.1) is 0 Å². The third-order valence-electron chi connectivity index (χ3n) is 2.43. The minimum Gasteiger partial charge on any atom is -0.372 e. The fourth-order valence-corrected chi connectivity index (χ4v) is 3.87. The van der Waals surface area contributed by atoms with E-state index in [1.165, 1.54) is 23.6 Å². The number of anilines is 1. The molecule has 0 bridgehead atoms. The Morgan fingerprint density at radius 2 is 2.10 bits per heavy atom. The molecule has 2 aromatic rings. The Kier molecular flexibility index (Phi) is 4.87. The van der Waals surface area contributed by atoms with Crippen molar-refractivity contribution in [2.45, 2.75) is 11.4 Å². The summed E-state index contributed by atoms with van der Waals surface area (Å²) in [4.78, 5) is 4.78. The monoisotopic (exact) mass is 351 g/mol. The molecule has 0 aromatic carbocycles. The summed E-state index contributed by atoms with van der Waals surface area (Å²) in [6.07, 6.45) is 1.25. The van der Waals surface area contributed by atoms with E-state index < -0.39 is 10.0 Å². The molecule has 0 radical (unpaired) electrons. The zero-order valence-electron chi connectivity index (χ0n) is 10.4. The van der Waals surface area contributed by atoms with Crippen molar-refractivity contribution in [1.29, 1.82) is 0 Å². The highest BCUT2D eigenvalue weighted by Gasteiger charge is 2.16. The summed E-state index contributed by atoms with van der Waals surface area (Å²) in [7, 11) is -2.00. The van der Waals surface area contributed by atoms with Gasteiger partial charge in [-0.15, -0.1) is 11.3 Å². The van der Waals surface area contributed by atoms with Crippen LogP contribution in [0.3, 0.4) is 0 Å². The first-order chi connectivity index (χ1) is 9.42. The Labute approximate surface area is 131 Å². The highest BCUT2D eigenvalue weighted by atomic mass is 35.5. The highest BCUT2D eigenvalue weighted by Crippen LogP contribution is 2.23. The second-order valence-corrected chi connectivity index (χ2v) is 7.76. The summed E-state index contributed by atoms with van der Waals surface area (Å²) in [5, 5.41) is 3.01. The molecule has 0 amide bonds. The Balaban J connectivity index is 2.15. The molecule has 0 atom stereocenters. The molecule has 0 aliphatic heterocycles. The van der Waals surface area contributed by atoms with Crippen LogP contribution in [0.4, 0.5) is 5.82 Å². The van der Waals surface area contributed by atoms with Crippen LogP contribution < -0.4 is 10.0 Å². The molecule has 108 valence electrons. The number of thiophene rings is 1. The van der Waals surface area contributed by atoms with E-state index in [0.29, 0.717) is 10.2 Å². The molecule has 2 N–H and O–H groups in total. The van der Waals surface area contributed by atoms with Crippen LogP contribution in [0.2, 0.25) is 9.36 Å². The Morgan fingerprint density at radius 3 is 2.65 bits per heavy atom. The van der Waals surface area contributed by atoms with Gasteiger partial charge in [-0.1, -0.05) is 23.2 Å². The maximum absolute atomic E-state index is 12.1. The normalized spacial score (nSPS) is 11.6. The molecule has 0 aliphatic rings. The number of halogens is 2. The fraction of sp³-hybridized carbons (Fsp3) is 0.182. The van der Waals surface area contributed by atoms with E-state index in [4.69, 9.17) is 23.2 Å². The molecular formula is C11H11Cl2N3O2S2. The third kappa shape index (κ3) is 3.62. The van der Waals surface area contributed by atoms with Gasteiger partial charge >= 0.3 is 0 Å². The van der Waals surface area contributed by atoms with Crippen molar-refractivity contribution in [3.8, 4) is 0 Å². The number of hydrogen-bond acceptors (Lipinski definition) is 5. The van der Waals surface area contributed by atoms with Crippen molar-refractivity contribution in [2.75, 3.05) is 12.4 Å². The second kappa shape index (κ2) is 6.28. The lowest BCUT2D eigenvalue weighted by molar-refractivity contribution is 0.581. The van der Waals surface area contributed by atoms with Gasteiger partial charge in [0.2, 0.25) is 10.0 Å². The Bertz CT molecular complexity index is 716. The molecule has 0 spiro atoms. The van der Waals surface area contributed by atoms with E-state index in [2.05, 4.69) is 15.0 Å². The van der Waals surface area contributed by atoms with Gasteiger partial charge in [0.25, 0.3) is 0 Å². The number of nitrogens with one attached hydrogen (secondary N) is 2. The molecule has 2 rings (SSSR count). The molecule has 0 aliphatic carbocycles. The molecule has 5 nitrogen and oxygen atoms in total. The molecule has 20 heavy (non-hydrogen) atoms. The summed E-state index contributed by atoms with van der Waals surface area (Å²) in [5.41, 5.74) is 0. The van der Waals surface area contributed by atoms with Gasteiger partial charge in [0.05, 0.1) is 9.36 Å². The molecule has 0 fully saturated rings.